The minimum atomic E-state index is -2.14. The van der Waals surface area contributed by atoms with Crippen LogP contribution in [-0.4, -0.2) is 152 Å². The highest BCUT2D eigenvalue weighted by Gasteiger charge is 2.52. The number of rotatable bonds is 15. The van der Waals surface area contributed by atoms with Crippen molar-refractivity contribution in [3.05, 3.63) is 111 Å². The molecule has 5 atom stereocenters. The van der Waals surface area contributed by atoms with Crippen molar-refractivity contribution in [1.29, 1.82) is 0 Å². The molecular formula is C64H58F3N11O13. The van der Waals surface area contributed by atoms with Crippen LogP contribution in [0.2, 0.25) is 0 Å². The van der Waals surface area contributed by atoms with Crippen molar-refractivity contribution < 1.29 is 70.7 Å². The molecule has 7 aromatic rings. The molecule has 5 N–H and O–H groups in total. The van der Waals surface area contributed by atoms with Crippen molar-refractivity contribution in [2.45, 2.75) is 94.5 Å². The number of carbonyl (C=O) groups excluding carboxylic acids is 5. The number of nitrogens with two attached hydrogens (primary N) is 1. The molecule has 14 rings (SSSR count). The Morgan fingerprint density at radius 1 is 0.967 bits per heavy atom. The molecule has 91 heavy (non-hydrogen) atoms. The standard InChI is InChI=1S/C64H58F3N11O13/c1-4-37-45(66)10-7-32-13-36(79)14-39(52(32)37)55-53(67)56-41(21-70-55)57(74-61(73-56)88-29-63-11-6-12-76(63)23-33(65)18-63)75-24-34-8-9-35(25-75)78(34)58(82)31(3)27-87-62(85)71-22-51(81)91-64(5-2)44-16-47-54-42(26-77(47)59(83)43(44)28-86-60(64)84)40(20-69-50(80)19-68)38-15-48-49(90-30-89-48)17-46(38)72-54/h1,7,10,13-17,21,33-35,79H,3,5-6,8-9,11-12,18-20,22-30,68H2,2H3,(H,69,80)(H,71,85)/t33-,34?,35?,63+,64-/m0/s1. The van der Waals surface area contributed by atoms with Gasteiger partial charge in [0, 0.05) is 77.9 Å². The number of hydrogen-bond donors (Lipinski definition) is 4. The number of fused-ring (bicyclic) bond motifs is 11. The molecule has 3 amide bonds. The van der Waals surface area contributed by atoms with Crippen LogP contribution in [0.3, 0.4) is 0 Å². The fourth-order valence-electron chi connectivity index (χ4n) is 14.3. The van der Waals surface area contributed by atoms with Gasteiger partial charge in [-0.25, -0.2) is 27.7 Å². The number of aromatic hydroxyl groups is 1. The molecule has 0 radical (unpaired) electrons. The molecule has 2 unspecified atom stereocenters. The lowest BCUT2D eigenvalue weighted by atomic mass is 9.85. The van der Waals surface area contributed by atoms with Crippen LogP contribution in [-0.2, 0) is 58.7 Å². The molecule has 2 bridgehead atoms. The molecule has 4 aromatic heterocycles. The highest BCUT2D eigenvalue weighted by Crippen LogP contribution is 2.47. The second kappa shape index (κ2) is 22.5. The molecule has 0 aliphatic carbocycles. The highest BCUT2D eigenvalue weighted by atomic mass is 19.1. The van der Waals surface area contributed by atoms with E-state index in [4.69, 9.17) is 50.5 Å². The zero-order chi connectivity index (χ0) is 63.4. The van der Waals surface area contributed by atoms with Gasteiger partial charge in [-0.1, -0.05) is 25.5 Å². The number of ether oxygens (including phenoxy) is 6. The summed E-state index contributed by atoms with van der Waals surface area (Å²) in [6.45, 7) is 4.86. The van der Waals surface area contributed by atoms with Gasteiger partial charge in [0.2, 0.25) is 18.3 Å². The van der Waals surface area contributed by atoms with Crippen molar-refractivity contribution >= 4 is 68.2 Å². The molecule has 24 nitrogen and oxygen atoms in total. The van der Waals surface area contributed by atoms with E-state index in [0.29, 0.717) is 76.1 Å². The molecule has 0 saturated carbocycles. The van der Waals surface area contributed by atoms with Gasteiger partial charge in [0.05, 0.1) is 64.1 Å². The first-order valence-electron chi connectivity index (χ1n) is 29.7. The van der Waals surface area contributed by atoms with Crippen LogP contribution in [0.4, 0.5) is 23.8 Å². The largest absolute Gasteiger partial charge is 0.508 e. The number of pyridine rings is 3. The molecule has 4 fully saturated rings. The molecule has 4 saturated heterocycles. The third-order valence-electron chi connectivity index (χ3n) is 18.6. The Bertz CT molecular complexity index is 4450. The van der Waals surface area contributed by atoms with Gasteiger partial charge >= 0.3 is 24.0 Å². The summed E-state index contributed by atoms with van der Waals surface area (Å²) in [6.07, 6.45) is 7.66. The summed E-state index contributed by atoms with van der Waals surface area (Å²) in [6, 6.07) is 9.13. The number of benzene rings is 3. The fourth-order valence-corrected chi connectivity index (χ4v) is 14.3. The summed E-state index contributed by atoms with van der Waals surface area (Å²) in [5.41, 5.74) is 4.13. The third-order valence-corrected chi connectivity index (χ3v) is 18.6. The number of alkyl halides is 1. The number of phenols is 1. The maximum absolute atomic E-state index is 17.4. The quantitative estimate of drug-likeness (QED) is 0.0445. The van der Waals surface area contributed by atoms with E-state index in [2.05, 4.69) is 38.0 Å². The van der Waals surface area contributed by atoms with Crippen LogP contribution in [0.1, 0.15) is 73.3 Å². The van der Waals surface area contributed by atoms with Gasteiger partial charge in [-0.05, 0) is 79.9 Å². The van der Waals surface area contributed by atoms with Crippen LogP contribution < -0.4 is 41.0 Å². The number of esters is 2. The molecule has 3 aromatic carbocycles. The van der Waals surface area contributed by atoms with Crippen LogP contribution in [0.25, 0.3) is 55.2 Å². The van der Waals surface area contributed by atoms with Gasteiger partial charge in [-0.2, -0.15) is 9.97 Å². The number of alkyl carbamates (subject to hydrolysis) is 1. The van der Waals surface area contributed by atoms with Crippen LogP contribution in [0, 0.1) is 24.0 Å². The third kappa shape index (κ3) is 9.77. The van der Waals surface area contributed by atoms with Crippen LogP contribution in [0.5, 0.6) is 23.3 Å². The number of phenolic OH excluding ortho intramolecular Hbond substituents is 1. The van der Waals surface area contributed by atoms with E-state index in [1.165, 1.54) is 29.0 Å². The summed E-state index contributed by atoms with van der Waals surface area (Å²) in [5, 5.41) is 17.2. The fraction of sp³-hybridized carbons (Fsp3) is 0.375. The number of amides is 3. The minimum absolute atomic E-state index is 0.00340. The summed E-state index contributed by atoms with van der Waals surface area (Å²) in [5.74, 6) is -1.38. The average molecular weight is 1250 g/mol. The van der Waals surface area contributed by atoms with Crippen LogP contribution in [0.15, 0.2) is 65.6 Å². The molecule has 7 aliphatic heterocycles. The lowest BCUT2D eigenvalue weighted by Crippen LogP contribution is -2.56. The Hall–Kier alpha value is -10.1. The lowest BCUT2D eigenvalue weighted by Gasteiger charge is -2.42. The number of anilines is 1. The Morgan fingerprint density at radius 2 is 1.76 bits per heavy atom. The maximum atomic E-state index is 17.4. The summed E-state index contributed by atoms with van der Waals surface area (Å²) in [4.78, 5) is 106. The monoisotopic (exact) mass is 1250 g/mol. The van der Waals surface area contributed by atoms with Crippen LogP contribution >= 0.6 is 0 Å². The van der Waals surface area contributed by atoms with E-state index in [1.54, 1.807) is 30.0 Å². The Morgan fingerprint density at radius 3 is 2.53 bits per heavy atom. The number of cyclic esters (lactones) is 1. The first kappa shape index (κ1) is 58.6. The van der Waals surface area contributed by atoms with Crippen molar-refractivity contribution in [2.24, 2.45) is 5.73 Å². The molecule has 468 valence electrons. The van der Waals surface area contributed by atoms with Gasteiger partial charge in [0.25, 0.3) is 11.5 Å². The zero-order valence-electron chi connectivity index (χ0n) is 49.0. The van der Waals surface area contributed by atoms with Crippen molar-refractivity contribution in [2.75, 3.05) is 64.2 Å². The second-order valence-electron chi connectivity index (χ2n) is 23.7. The first-order valence-corrected chi connectivity index (χ1v) is 29.7. The summed E-state index contributed by atoms with van der Waals surface area (Å²) in [7, 11) is 0. The maximum Gasteiger partial charge on any atom is 0.407 e. The summed E-state index contributed by atoms with van der Waals surface area (Å²) >= 11 is 0. The Labute approximate surface area is 515 Å². The zero-order valence-corrected chi connectivity index (χ0v) is 49.0. The van der Waals surface area contributed by atoms with Gasteiger partial charge in [-0.3, -0.25) is 29.1 Å². The molecule has 11 heterocycles. The van der Waals surface area contributed by atoms with Gasteiger partial charge in [0.1, 0.15) is 61.1 Å². The number of aromatic nitrogens is 5. The number of piperazine rings is 1. The minimum Gasteiger partial charge on any atom is -0.508 e. The topological polar surface area (TPSA) is 294 Å². The van der Waals surface area contributed by atoms with E-state index >= 15 is 8.78 Å². The first-order chi connectivity index (χ1) is 43.9. The Balaban J connectivity index is 0.664. The van der Waals surface area contributed by atoms with Crippen molar-refractivity contribution in [1.82, 2.24) is 44.9 Å². The number of nitrogens with zero attached hydrogens (tertiary/aromatic N) is 8. The van der Waals surface area contributed by atoms with Crippen molar-refractivity contribution in [3.63, 3.8) is 0 Å². The van der Waals surface area contributed by atoms with E-state index < -0.39 is 96.2 Å². The van der Waals surface area contributed by atoms with Gasteiger partial charge in [-0.15, -0.1) is 6.42 Å². The lowest BCUT2D eigenvalue weighted by molar-refractivity contribution is -0.188. The van der Waals surface area contributed by atoms with Crippen molar-refractivity contribution in [3.8, 4) is 58.2 Å². The number of halogens is 3. The smallest absolute Gasteiger partial charge is 0.407 e. The normalized spacial score (nSPS) is 21.7. The van der Waals surface area contributed by atoms with E-state index in [9.17, 15) is 38.3 Å². The molecule has 27 heteroatoms. The number of terminal acetylenes is 1. The predicted molar refractivity (Wildman–Crippen MR) is 318 cm³/mol. The summed E-state index contributed by atoms with van der Waals surface area (Å²) < 4.78 is 83.3. The highest BCUT2D eigenvalue weighted by molar-refractivity contribution is 6.03. The Kier molecular flexibility index (Phi) is 14.5. The number of nitrogens with one attached hydrogen (secondary N) is 2. The SMILES string of the molecule is C#Cc1c(F)ccc2cc(O)cc(-c3ncc4c(N5CC6CCC(C5)N6C(=O)C(=C)COC(=O)NCC(=O)O[C@]5(CC)C(=O)OCc6c5cc5n(c6=O)Cc6c-5nc5cc7c(cc5c6CNC(=O)CN)OCO7)nc(OC[C@]56CCCN5C[C@@H](F)C6)nc4c3F)c12. The number of carbonyl (C=O) groups is 5. The van der Waals surface area contributed by atoms with E-state index in [-0.39, 0.29) is 133 Å². The van der Waals surface area contributed by atoms with Gasteiger partial charge < -0.3 is 64.3 Å². The molecular weight excluding hydrogens is 1190 g/mol. The average Bonchev–Trinajstić information content (AvgIpc) is 1.68. The van der Waals surface area contributed by atoms with E-state index in [1.807, 2.05) is 4.90 Å². The predicted octanol–water partition coefficient (Wildman–Crippen LogP) is 5.18. The molecule has 7 aliphatic rings. The molecule has 0 spiro atoms. The number of hydrogen-bond acceptors (Lipinski definition) is 20. The van der Waals surface area contributed by atoms with Gasteiger partial charge in [0.15, 0.2) is 17.3 Å². The van der Waals surface area contributed by atoms with E-state index in [0.717, 1.165) is 12.5 Å². The second-order valence-corrected chi connectivity index (χ2v) is 23.7.